The molecule has 0 spiro atoms. The molecule has 2 aromatic carbocycles. The molecule has 38 heavy (non-hydrogen) atoms. The topological polar surface area (TPSA) is 50.8 Å². The van der Waals surface area contributed by atoms with Gasteiger partial charge in [0, 0.05) is 24.7 Å². The first-order valence-electron chi connectivity index (χ1n) is 13.9. The number of rotatable bonds is 9. The molecule has 0 radical (unpaired) electrons. The molecule has 1 aliphatic carbocycles. The van der Waals surface area contributed by atoms with Gasteiger partial charge in [0.2, 0.25) is 0 Å². The molecule has 0 aliphatic heterocycles. The van der Waals surface area contributed by atoms with Crippen molar-refractivity contribution in [2.24, 2.45) is 11.3 Å². The van der Waals surface area contributed by atoms with Crippen LogP contribution in [0.3, 0.4) is 0 Å². The van der Waals surface area contributed by atoms with Gasteiger partial charge in [0.05, 0.1) is 0 Å². The summed E-state index contributed by atoms with van der Waals surface area (Å²) in [5.74, 6) is 1.55. The SMILES string of the molecule is CCN(Cc1ccc(C(CC(C)C)C(C)(C)C)cc1)c1ccc(C2C=CC(C=C(C#N)C#N)=C(C)C2)cc1. The Morgan fingerprint density at radius 1 is 1.03 bits per heavy atom. The predicted octanol–water partition coefficient (Wildman–Crippen LogP) is 9.22. The highest BCUT2D eigenvalue weighted by Gasteiger charge is 2.27. The van der Waals surface area contributed by atoms with E-state index in [0.717, 1.165) is 25.1 Å². The molecule has 1 aliphatic rings. The number of hydrogen-bond acceptors (Lipinski definition) is 3. The van der Waals surface area contributed by atoms with Crippen LogP contribution in [-0.2, 0) is 6.54 Å². The van der Waals surface area contributed by atoms with E-state index in [0.29, 0.717) is 17.8 Å². The molecule has 0 bridgehead atoms. The maximum absolute atomic E-state index is 9.06. The molecule has 0 amide bonds. The molecule has 0 saturated carbocycles. The van der Waals surface area contributed by atoms with Gasteiger partial charge in [0.15, 0.2) is 0 Å². The summed E-state index contributed by atoms with van der Waals surface area (Å²) >= 11 is 0. The minimum Gasteiger partial charge on any atom is -0.367 e. The van der Waals surface area contributed by atoms with Gasteiger partial charge in [-0.15, -0.1) is 0 Å². The minimum absolute atomic E-state index is 0.144. The van der Waals surface area contributed by atoms with E-state index in [4.69, 9.17) is 10.5 Å². The Hall–Kier alpha value is -3.56. The van der Waals surface area contributed by atoms with Gasteiger partial charge in [-0.3, -0.25) is 0 Å². The summed E-state index contributed by atoms with van der Waals surface area (Å²) in [6, 6.07) is 22.1. The highest BCUT2D eigenvalue weighted by Crippen LogP contribution is 2.40. The van der Waals surface area contributed by atoms with Gasteiger partial charge < -0.3 is 4.90 Å². The Bertz CT molecular complexity index is 1240. The van der Waals surface area contributed by atoms with Crippen molar-refractivity contribution in [3.63, 3.8) is 0 Å². The van der Waals surface area contributed by atoms with Gasteiger partial charge in [-0.1, -0.05) is 88.7 Å². The van der Waals surface area contributed by atoms with Gasteiger partial charge in [0.1, 0.15) is 17.7 Å². The summed E-state index contributed by atoms with van der Waals surface area (Å²) in [4.78, 5) is 2.42. The molecule has 0 saturated heterocycles. The number of benzene rings is 2. The highest BCUT2D eigenvalue weighted by atomic mass is 15.1. The molecule has 3 heteroatoms. The summed E-state index contributed by atoms with van der Waals surface area (Å²) in [5.41, 5.74) is 7.86. The van der Waals surface area contributed by atoms with E-state index in [2.05, 4.69) is 108 Å². The molecular formula is C35H43N3. The van der Waals surface area contributed by atoms with Gasteiger partial charge >= 0.3 is 0 Å². The van der Waals surface area contributed by atoms with Crippen LogP contribution in [0.25, 0.3) is 0 Å². The van der Waals surface area contributed by atoms with Crippen molar-refractivity contribution < 1.29 is 0 Å². The normalized spacial score (nSPS) is 16.1. The maximum Gasteiger partial charge on any atom is 0.130 e. The van der Waals surface area contributed by atoms with Crippen molar-refractivity contribution >= 4 is 5.69 Å². The van der Waals surface area contributed by atoms with Crippen LogP contribution in [0, 0.1) is 34.0 Å². The molecule has 0 heterocycles. The third-order valence-corrected chi connectivity index (χ3v) is 7.64. The molecule has 2 unspecified atom stereocenters. The third kappa shape index (κ3) is 7.49. The monoisotopic (exact) mass is 505 g/mol. The van der Waals surface area contributed by atoms with E-state index in [1.165, 1.54) is 34.4 Å². The summed E-state index contributed by atoms with van der Waals surface area (Å²) in [6.07, 6.45) is 8.01. The van der Waals surface area contributed by atoms with E-state index < -0.39 is 0 Å². The van der Waals surface area contributed by atoms with Crippen molar-refractivity contribution in [2.45, 2.75) is 79.7 Å². The van der Waals surface area contributed by atoms with Crippen molar-refractivity contribution in [3.05, 3.63) is 100 Å². The van der Waals surface area contributed by atoms with Gasteiger partial charge in [-0.2, -0.15) is 10.5 Å². The van der Waals surface area contributed by atoms with E-state index in [-0.39, 0.29) is 11.0 Å². The Kier molecular flexibility index (Phi) is 9.77. The van der Waals surface area contributed by atoms with Crippen LogP contribution < -0.4 is 4.90 Å². The van der Waals surface area contributed by atoms with Crippen LogP contribution in [0.15, 0.2) is 83.5 Å². The lowest BCUT2D eigenvalue weighted by atomic mass is 9.72. The molecule has 2 atom stereocenters. The Balaban J connectivity index is 1.70. The zero-order chi connectivity index (χ0) is 27.9. The van der Waals surface area contributed by atoms with Crippen LogP contribution >= 0.6 is 0 Å². The number of allylic oxidation sites excluding steroid dienone is 6. The summed E-state index contributed by atoms with van der Waals surface area (Å²) < 4.78 is 0. The maximum atomic E-state index is 9.06. The molecule has 198 valence electrons. The van der Waals surface area contributed by atoms with E-state index in [9.17, 15) is 0 Å². The van der Waals surface area contributed by atoms with E-state index in [1.807, 2.05) is 18.2 Å². The van der Waals surface area contributed by atoms with Crippen LogP contribution in [0.5, 0.6) is 0 Å². The number of anilines is 1. The van der Waals surface area contributed by atoms with Crippen LogP contribution in [0.4, 0.5) is 5.69 Å². The molecule has 0 aromatic heterocycles. The molecule has 0 fully saturated rings. The van der Waals surface area contributed by atoms with E-state index in [1.54, 1.807) is 6.08 Å². The first kappa shape index (κ1) is 29.0. The summed E-state index contributed by atoms with van der Waals surface area (Å²) in [6.45, 7) is 17.8. The first-order valence-corrected chi connectivity index (χ1v) is 13.9. The fraction of sp³-hybridized carbons (Fsp3) is 0.429. The second-order valence-electron chi connectivity index (χ2n) is 12.1. The van der Waals surface area contributed by atoms with E-state index >= 15 is 0 Å². The van der Waals surface area contributed by atoms with Crippen LogP contribution in [0.2, 0.25) is 0 Å². The lowest BCUT2D eigenvalue weighted by Crippen LogP contribution is -2.22. The van der Waals surface area contributed by atoms with Crippen molar-refractivity contribution in [3.8, 4) is 12.1 Å². The smallest absolute Gasteiger partial charge is 0.130 e. The highest BCUT2D eigenvalue weighted by molar-refractivity contribution is 5.52. The molecule has 3 nitrogen and oxygen atoms in total. The van der Waals surface area contributed by atoms with Crippen molar-refractivity contribution in [1.29, 1.82) is 10.5 Å². The average molecular weight is 506 g/mol. The fourth-order valence-corrected chi connectivity index (χ4v) is 5.38. The molecule has 3 rings (SSSR count). The Labute approximate surface area is 230 Å². The third-order valence-electron chi connectivity index (χ3n) is 7.64. The van der Waals surface area contributed by atoms with Crippen molar-refractivity contribution in [1.82, 2.24) is 0 Å². The zero-order valence-corrected chi connectivity index (χ0v) is 24.3. The van der Waals surface area contributed by atoms with Gasteiger partial charge in [-0.25, -0.2) is 0 Å². The fourth-order valence-electron chi connectivity index (χ4n) is 5.38. The largest absolute Gasteiger partial charge is 0.367 e. The minimum atomic E-state index is 0.144. The van der Waals surface area contributed by atoms with Crippen LogP contribution in [0.1, 0.15) is 89.8 Å². The van der Waals surface area contributed by atoms with Gasteiger partial charge in [0.25, 0.3) is 0 Å². The molecule has 2 aromatic rings. The average Bonchev–Trinajstić information content (AvgIpc) is 2.89. The lowest BCUT2D eigenvalue weighted by molar-refractivity contribution is 0.280. The summed E-state index contributed by atoms with van der Waals surface area (Å²) in [7, 11) is 0. The predicted molar refractivity (Wildman–Crippen MR) is 160 cm³/mol. The molecule has 0 N–H and O–H groups in total. The summed E-state index contributed by atoms with van der Waals surface area (Å²) in [5, 5.41) is 18.1. The first-order chi connectivity index (χ1) is 18.0. The zero-order valence-electron chi connectivity index (χ0n) is 24.3. The second kappa shape index (κ2) is 12.8. The Morgan fingerprint density at radius 3 is 2.16 bits per heavy atom. The second-order valence-corrected chi connectivity index (χ2v) is 12.1. The number of nitriles is 2. The number of nitrogens with zero attached hydrogens (tertiary/aromatic N) is 3. The van der Waals surface area contributed by atoms with Gasteiger partial charge in [-0.05, 0) is 84.4 Å². The lowest BCUT2D eigenvalue weighted by Gasteiger charge is -2.33. The number of hydrogen-bond donors (Lipinski definition) is 0. The quantitative estimate of drug-likeness (QED) is 0.319. The molecular weight excluding hydrogens is 462 g/mol. The van der Waals surface area contributed by atoms with Crippen molar-refractivity contribution in [2.75, 3.05) is 11.4 Å². The Morgan fingerprint density at radius 2 is 1.66 bits per heavy atom. The van der Waals surface area contributed by atoms with Crippen LogP contribution in [-0.4, -0.2) is 6.54 Å². The standard InChI is InChI=1S/C35H43N3/c1-8-38(24-27-9-11-30(12-10-27)34(19-25(2)3)35(5,6)7)33-17-15-29(16-18-33)32-14-13-31(26(4)20-32)21-28(22-36)23-37/h9-18,21,25,32,34H,8,19-20,24H2,1-7H3.